The zero-order chi connectivity index (χ0) is 37.9. The second-order valence-electron chi connectivity index (χ2n) is 15.1. The average molecular weight is 770 g/mol. The van der Waals surface area contributed by atoms with Crippen molar-refractivity contribution in [2.24, 2.45) is 0 Å². The summed E-state index contributed by atoms with van der Waals surface area (Å²) in [4.78, 5) is 2.83. The van der Waals surface area contributed by atoms with Gasteiger partial charge in [0.25, 0.3) is 0 Å². The minimum Gasteiger partial charge on any atom is -0.744 e. The molecule has 2 heterocycles. The van der Waals surface area contributed by atoms with Crippen LogP contribution in [-0.4, -0.2) is 43.4 Å². The lowest BCUT2D eigenvalue weighted by Gasteiger charge is -2.30. The molecule has 0 saturated carbocycles. The Hall–Kier alpha value is -3.74. The van der Waals surface area contributed by atoms with Crippen LogP contribution in [0.1, 0.15) is 64.5 Å². The number of anilines is 1. The molecule has 1 aliphatic carbocycles. The summed E-state index contributed by atoms with van der Waals surface area (Å²) in [6, 6.07) is 18.9. The van der Waals surface area contributed by atoms with Gasteiger partial charge in [-0.1, -0.05) is 74.0 Å². The van der Waals surface area contributed by atoms with E-state index in [1.165, 1.54) is 34.5 Å². The van der Waals surface area contributed by atoms with Crippen molar-refractivity contribution >= 4 is 72.4 Å². The smallest absolute Gasteiger partial charge is 0.209 e. The van der Waals surface area contributed by atoms with Crippen molar-refractivity contribution in [2.45, 2.75) is 80.0 Å². The van der Waals surface area contributed by atoms with Crippen LogP contribution in [0.4, 0.5) is 11.4 Å². The fourth-order valence-electron chi connectivity index (χ4n) is 8.81. The van der Waals surface area contributed by atoms with Crippen molar-refractivity contribution in [3.05, 3.63) is 118 Å². The van der Waals surface area contributed by atoms with E-state index in [1.807, 2.05) is 24.3 Å². The molecule has 0 saturated heterocycles. The molecule has 0 bridgehead atoms. The third kappa shape index (κ3) is 6.69. The van der Waals surface area contributed by atoms with E-state index in [-0.39, 0.29) is 21.8 Å². The largest absolute Gasteiger partial charge is 0.744 e. The van der Waals surface area contributed by atoms with Crippen molar-refractivity contribution in [1.82, 2.24) is 0 Å². The van der Waals surface area contributed by atoms with Crippen molar-refractivity contribution in [3.63, 3.8) is 0 Å². The summed E-state index contributed by atoms with van der Waals surface area (Å²) in [6.07, 6.45) is 14.5. The maximum absolute atomic E-state index is 11.7. The normalized spacial score (nSPS) is 20.6. The van der Waals surface area contributed by atoms with Gasteiger partial charge >= 0.3 is 0 Å². The molecule has 276 valence electrons. The number of hydrogen-bond donors (Lipinski definition) is 0. The molecule has 4 aromatic rings. The quantitative estimate of drug-likeness (QED) is 0.0546. The molecule has 1 atom stereocenters. The van der Waals surface area contributed by atoms with Gasteiger partial charge in [-0.3, -0.25) is 5.04 Å². The predicted octanol–water partition coefficient (Wildman–Crippen LogP) is 9.04. The van der Waals surface area contributed by atoms with Gasteiger partial charge in [0, 0.05) is 46.1 Å². The van der Waals surface area contributed by atoms with E-state index >= 15 is 0 Å². The van der Waals surface area contributed by atoms with Gasteiger partial charge in [0.05, 0.1) is 28.4 Å². The Morgan fingerprint density at radius 3 is 2.47 bits per heavy atom. The van der Waals surface area contributed by atoms with Gasteiger partial charge in [-0.05, 0) is 108 Å². The van der Waals surface area contributed by atoms with E-state index in [4.69, 9.17) is 11.6 Å². The van der Waals surface area contributed by atoms with E-state index in [0.29, 0.717) is 0 Å². The van der Waals surface area contributed by atoms with Crippen LogP contribution >= 0.6 is 23.6 Å². The Morgan fingerprint density at radius 2 is 1.72 bits per heavy atom. The zero-order valence-electron chi connectivity index (χ0n) is 30.6. The van der Waals surface area contributed by atoms with Gasteiger partial charge in [-0.25, -0.2) is 13.0 Å². The molecule has 8 nitrogen and oxygen atoms in total. The molecule has 0 fully saturated rings. The Balaban J connectivity index is 1.09. The SMILES string of the molecule is CN1c2ccc3cc(S(=O)(=O)[O-])ccc3c2C(C)(C)C1/C=C/C=C1\CCCC(/C=C/CC2=[N+](C)c3ccc4cc(SOO[O-])ccc4c3C2(C)C)=C1Cl. The summed E-state index contributed by atoms with van der Waals surface area (Å²) in [6.45, 7) is 8.95. The number of benzene rings is 4. The predicted molar refractivity (Wildman–Crippen MR) is 211 cm³/mol. The van der Waals surface area contributed by atoms with Gasteiger partial charge in [-0.15, -0.1) is 0 Å². The highest BCUT2D eigenvalue weighted by molar-refractivity contribution is 7.94. The summed E-state index contributed by atoms with van der Waals surface area (Å²) in [5, 5.41) is 18.6. The molecule has 0 radical (unpaired) electrons. The summed E-state index contributed by atoms with van der Waals surface area (Å²) < 4.78 is 41.8. The average Bonchev–Trinajstić information content (AvgIpc) is 3.44. The molecular formula is C42H42ClN2O6S2-. The van der Waals surface area contributed by atoms with Gasteiger partial charge in [0.15, 0.2) is 5.71 Å². The van der Waals surface area contributed by atoms with E-state index in [9.17, 15) is 18.2 Å². The van der Waals surface area contributed by atoms with Crippen LogP contribution in [0.25, 0.3) is 21.5 Å². The molecule has 3 aliphatic rings. The first kappa shape index (κ1) is 37.6. The minimum absolute atomic E-state index is 0.0481. The van der Waals surface area contributed by atoms with Crippen LogP contribution in [0.2, 0.25) is 0 Å². The van der Waals surface area contributed by atoms with Crippen LogP contribution in [0.5, 0.6) is 0 Å². The summed E-state index contributed by atoms with van der Waals surface area (Å²) in [5.74, 6) is 0. The maximum Gasteiger partial charge on any atom is 0.209 e. The molecule has 11 heteroatoms. The first-order valence-corrected chi connectivity index (χ1v) is 20.2. The molecule has 0 N–H and O–H groups in total. The zero-order valence-corrected chi connectivity index (χ0v) is 33.0. The number of fused-ring (bicyclic) bond motifs is 6. The molecule has 7 rings (SSSR count). The fraction of sp³-hybridized carbons (Fsp3) is 0.310. The summed E-state index contributed by atoms with van der Waals surface area (Å²) in [5.41, 5.74) is 7.77. The first-order chi connectivity index (χ1) is 25.1. The molecule has 0 amide bonds. The summed E-state index contributed by atoms with van der Waals surface area (Å²) >= 11 is 7.97. The molecule has 53 heavy (non-hydrogen) atoms. The fourth-order valence-corrected chi connectivity index (χ4v) is 10.0. The topological polar surface area (TPSA) is 105 Å². The van der Waals surface area contributed by atoms with Crippen molar-refractivity contribution in [3.8, 4) is 0 Å². The van der Waals surface area contributed by atoms with Gasteiger partial charge in [0.2, 0.25) is 5.69 Å². The van der Waals surface area contributed by atoms with E-state index in [0.717, 1.165) is 86.2 Å². The highest BCUT2D eigenvalue weighted by atomic mass is 35.5. The van der Waals surface area contributed by atoms with Crippen molar-refractivity contribution in [1.29, 1.82) is 0 Å². The lowest BCUT2D eigenvalue weighted by molar-refractivity contribution is -0.777. The molecule has 4 aromatic carbocycles. The Bertz CT molecular complexity index is 2430. The van der Waals surface area contributed by atoms with Crippen LogP contribution in [-0.2, 0) is 30.3 Å². The number of halogens is 1. The Labute approximate surface area is 320 Å². The first-order valence-electron chi connectivity index (χ1n) is 17.6. The van der Waals surface area contributed by atoms with Crippen LogP contribution in [0.15, 0.2) is 117 Å². The molecular weight excluding hydrogens is 728 g/mol. The van der Waals surface area contributed by atoms with E-state index < -0.39 is 10.1 Å². The minimum atomic E-state index is -4.54. The van der Waals surface area contributed by atoms with E-state index in [1.54, 1.807) is 6.07 Å². The second-order valence-corrected chi connectivity index (χ2v) is 17.7. The molecule has 2 aliphatic heterocycles. The third-order valence-corrected chi connectivity index (χ3v) is 13.2. The Morgan fingerprint density at radius 1 is 1.00 bits per heavy atom. The monoisotopic (exact) mass is 769 g/mol. The van der Waals surface area contributed by atoms with E-state index in [2.05, 4.69) is 109 Å². The lowest BCUT2D eigenvalue weighted by atomic mass is 9.78. The number of nitrogens with zero attached hydrogens (tertiary/aromatic N) is 2. The Kier molecular flexibility index (Phi) is 10.0. The lowest BCUT2D eigenvalue weighted by Crippen LogP contribution is -2.37. The van der Waals surface area contributed by atoms with Gasteiger partial charge < -0.3 is 14.7 Å². The number of allylic oxidation sites excluding steroid dienone is 7. The molecule has 0 spiro atoms. The second kappa shape index (κ2) is 14.2. The van der Waals surface area contributed by atoms with Crippen LogP contribution in [0, 0.1) is 0 Å². The highest BCUT2D eigenvalue weighted by Crippen LogP contribution is 2.49. The molecule has 0 aromatic heterocycles. The summed E-state index contributed by atoms with van der Waals surface area (Å²) in [7, 11) is -0.327. The maximum atomic E-state index is 11.7. The standard InChI is InChI=1S/C42H43ClN2O6S2/c1-41(2)36(44(5)34-22-16-28-24-30(52-51-50-46)18-20-32(28)38(34)41)14-8-12-26-10-7-11-27(40(26)43)13-9-15-37-42(3,4)39-33-21-19-31(53(47,48)49)25-29(33)17-23-35(39)45(37)6/h8-9,12-13,15-25,37H,7,10-11,14H2,1-6H3,(H-,46,47,48,49)/p-1/b12-8+,15-9+,27-13+. The highest BCUT2D eigenvalue weighted by Gasteiger charge is 2.45. The number of likely N-dealkylation sites (N-methyl/N-ethyl adjacent to an activating group) is 1. The molecule has 1 unspecified atom stereocenters. The van der Waals surface area contributed by atoms with Crippen molar-refractivity contribution < 1.29 is 32.2 Å². The van der Waals surface area contributed by atoms with Gasteiger partial charge in [0.1, 0.15) is 17.2 Å². The van der Waals surface area contributed by atoms with Crippen LogP contribution < -0.4 is 10.2 Å². The number of hydrogen-bond acceptors (Lipinski definition) is 8. The van der Waals surface area contributed by atoms with Crippen molar-refractivity contribution in [2.75, 3.05) is 19.0 Å². The van der Waals surface area contributed by atoms with Gasteiger partial charge in [-0.2, -0.15) is 4.33 Å². The number of rotatable bonds is 9. The third-order valence-electron chi connectivity index (χ3n) is 11.4. The van der Waals surface area contributed by atoms with Crippen LogP contribution in [0.3, 0.4) is 0 Å².